The lowest BCUT2D eigenvalue weighted by Gasteiger charge is -2.32. The summed E-state index contributed by atoms with van der Waals surface area (Å²) in [4.78, 5) is 21.5. The third-order valence-corrected chi connectivity index (χ3v) is 6.56. The minimum atomic E-state index is -0.288. The van der Waals surface area contributed by atoms with Gasteiger partial charge in [0.05, 0.1) is 21.8 Å². The number of para-hydroxylation sites is 1. The van der Waals surface area contributed by atoms with Crippen LogP contribution in [0.5, 0.6) is 0 Å². The average Bonchev–Trinajstić information content (AvgIpc) is 3.15. The summed E-state index contributed by atoms with van der Waals surface area (Å²) in [6, 6.07) is 14.4. The first kappa shape index (κ1) is 19.0. The molecular weight excluding hydrogens is 373 g/mol. The molecule has 0 aliphatic carbocycles. The summed E-state index contributed by atoms with van der Waals surface area (Å²) < 4.78 is 14.4. The Morgan fingerprint density at radius 1 is 1.18 bits per heavy atom. The van der Waals surface area contributed by atoms with Gasteiger partial charge in [-0.25, -0.2) is 9.37 Å². The maximum atomic E-state index is 13.2. The molecule has 1 aliphatic heterocycles. The molecule has 1 fully saturated rings. The lowest BCUT2D eigenvalue weighted by atomic mass is 9.97. The number of piperidine rings is 1. The topological polar surface area (TPSA) is 36.4 Å². The summed E-state index contributed by atoms with van der Waals surface area (Å²) in [7, 11) is 0. The fourth-order valence-electron chi connectivity index (χ4n) is 3.80. The van der Waals surface area contributed by atoms with Crippen molar-refractivity contribution in [2.45, 2.75) is 25.7 Å². The van der Waals surface area contributed by atoms with Crippen molar-refractivity contribution in [1.82, 2.24) is 9.88 Å². The maximum Gasteiger partial charge on any atom is 0.241 e. The van der Waals surface area contributed by atoms with Gasteiger partial charge in [-0.05, 0) is 69.3 Å². The van der Waals surface area contributed by atoms with Gasteiger partial charge >= 0.3 is 0 Å². The number of carbonyl (C=O) groups is 1. The smallest absolute Gasteiger partial charge is 0.241 e. The quantitative estimate of drug-likeness (QED) is 0.628. The van der Waals surface area contributed by atoms with E-state index in [-0.39, 0.29) is 11.7 Å². The van der Waals surface area contributed by atoms with E-state index in [4.69, 9.17) is 4.98 Å². The van der Waals surface area contributed by atoms with Gasteiger partial charge in [0.2, 0.25) is 5.91 Å². The molecule has 0 radical (unpaired) electrons. The lowest BCUT2D eigenvalue weighted by molar-refractivity contribution is -0.120. The molecule has 0 N–H and O–H groups in total. The molecule has 2 aromatic carbocycles. The second kappa shape index (κ2) is 8.37. The van der Waals surface area contributed by atoms with Crippen molar-refractivity contribution >= 4 is 33.1 Å². The molecule has 0 saturated carbocycles. The van der Waals surface area contributed by atoms with Crippen LogP contribution in [0.3, 0.4) is 0 Å². The highest BCUT2D eigenvalue weighted by Crippen LogP contribution is 2.33. The predicted molar refractivity (Wildman–Crippen MR) is 112 cm³/mol. The SMILES string of the molecule is CCN(C(=O)CN1CCC(c2nc3ccccc3s2)CC1)c1ccc(F)cc1. The Kier molecular flexibility index (Phi) is 5.69. The standard InChI is InChI=1S/C22H24FN3OS/c1-2-26(18-9-7-17(23)8-10-18)21(27)15-25-13-11-16(12-14-25)22-24-19-5-3-4-6-20(19)28-22/h3-10,16H,2,11-15H2,1H3. The van der Waals surface area contributed by atoms with Crippen molar-refractivity contribution in [2.75, 3.05) is 31.1 Å². The third-order valence-electron chi connectivity index (χ3n) is 5.36. The van der Waals surface area contributed by atoms with Crippen molar-refractivity contribution in [3.63, 3.8) is 0 Å². The van der Waals surface area contributed by atoms with Gasteiger partial charge in [-0.3, -0.25) is 9.69 Å². The van der Waals surface area contributed by atoms with Gasteiger partial charge in [-0.1, -0.05) is 12.1 Å². The number of carbonyl (C=O) groups excluding carboxylic acids is 1. The second-order valence-corrected chi connectivity index (χ2v) is 8.25. The largest absolute Gasteiger partial charge is 0.312 e. The summed E-state index contributed by atoms with van der Waals surface area (Å²) in [6.07, 6.45) is 2.05. The van der Waals surface area contributed by atoms with E-state index in [0.717, 1.165) is 37.1 Å². The minimum absolute atomic E-state index is 0.0625. The Balaban J connectivity index is 1.35. The van der Waals surface area contributed by atoms with Crippen molar-refractivity contribution in [2.24, 2.45) is 0 Å². The van der Waals surface area contributed by atoms with Gasteiger partial charge in [-0.2, -0.15) is 0 Å². The average molecular weight is 398 g/mol. The number of rotatable bonds is 5. The van der Waals surface area contributed by atoms with Crippen molar-refractivity contribution in [3.05, 3.63) is 59.4 Å². The van der Waals surface area contributed by atoms with Gasteiger partial charge in [0.25, 0.3) is 0 Å². The minimum Gasteiger partial charge on any atom is -0.312 e. The fourth-order valence-corrected chi connectivity index (χ4v) is 4.94. The van der Waals surface area contributed by atoms with E-state index >= 15 is 0 Å². The van der Waals surface area contributed by atoms with Crippen LogP contribution in [0, 0.1) is 5.82 Å². The zero-order valence-corrected chi connectivity index (χ0v) is 16.8. The first-order valence-electron chi connectivity index (χ1n) is 9.78. The number of hydrogen-bond acceptors (Lipinski definition) is 4. The maximum absolute atomic E-state index is 13.2. The summed E-state index contributed by atoms with van der Waals surface area (Å²) in [6.45, 7) is 4.71. The number of fused-ring (bicyclic) bond motifs is 1. The number of nitrogens with zero attached hydrogens (tertiary/aromatic N) is 3. The molecule has 28 heavy (non-hydrogen) atoms. The molecule has 1 aromatic heterocycles. The molecule has 0 unspecified atom stereocenters. The number of halogens is 1. The Bertz CT molecular complexity index is 915. The van der Waals surface area contributed by atoms with Crippen LogP contribution in [-0.4, -0.2) is 42.0 Å². The first-order valence-corrected chi connectivity index (χ1v) is 10.6. The summed E-state index contributed by atoms with van der Waals surface area (Å²) in [5.74, 6) is 0.250. The predicted octanol–water partition coefficient (Wildman–Crippen LogP) is 4.67. The molecule has 4 rings (SSSR count). The van der Waals surface area contributed by atoms with Gasteiger partial charge in [0, 0.05) is 18.2 Å². The fraction of sp³-hybridized carbons (Fsp3) is 0.364. The van der Waals surface area contributed by atoms with Crippen LogP contribution in [0.4, 0.5) is 10.1 Å². The Morgan fingerprint density at radius 2 is 1.89 bits per heavy atom. The highest BCUT2D eigenvalue weighted by molar-refractivity contribution is 7.18. The molecular formula is C22H24FN3OS. The number of thiazole rings is 1. The zero-order chi connectivity index (χ0) is 19.5. The van der Waals surface area contributed by atoms with Crippen LogP contribution in [0.15, 0.2) is 48.5 Å². The molecule has 0 spiro atoms. The van der Waals surface area contributed by atoms with Crippen LogP contribution in [-0.2, 0) is 4.79 Å². The number of hydrogen-bond donors (Lipinski definition) is 0. The third kappa shape index (κ3) is 4.08. The van der Waals surface area contributed by atoms with Crippen molar-refractivity contribution in [3.8, 4) is 0 Å². The van der Waals surface area contributed by atoms with Crippen LogP contribution >= 0.6 is 11.3 Å². The summed E-state index contributed by atoms with van der Waals surface area (Å²) in [5, 5.41) is 1.22. The summed E-state index contributed by atoms with van der Waals surface area (Å²) >= 11 is 1.79. The molecule has 3 aromatic rings. The molecule has 1 aliphatic rings. The Labute approximate surface area is 168 Å². The first-order chi connectivity index (χ1) is 13.6. The molecule has 2 heterocycles. The van der Waals surface area contributed by atoms with Gasteiger partial charge in [-0.15, -0.1) is 11.3 Å². The van der Waals surface area contributed by atoms with Crippen LogP contribution < -0.4 is 4.90 Å². The second-order valence-electron chi connectivity index (χ2n) is 7.18. The van der Waals surface area contributed by atoms with Gasteiger partial charge in [0.15, 0.2) is 0 Å². The number of benzene rings is 2. The number of aromatic nitrogens is 1. The highest BCUT2D eigenvalue weighted by atomic mass is 32.1. The number of anilines is 1. The molecule has 1 saturated heterocycles. The van der Waals surface area contributed by atoms with Crippen molar-refractivity contribution < 1.29 is 9.18 Å². The Morgan fingerprint density at radius 3 is 2.57 bits per heavy atom. The van der Waals surface area contributed by atoms with E-state index in [1.165, 1.54) is 21.8 Å². The van der Waals surface area contributed by atoms with E-state index in [9.17, 15) is 9.18 Å². The molecule has 6 heteroatoms. The monoisotopic (exact) mass is 397 g/mol. The van der Waals surface area contributed by atoms with Crippen LogP contribution in [0.1, 0.15) is 30.7 Å². The van der Waals surface area contributed by atoms with E-state index in [1.54, 1.807) is 28.4 Å². The molecule has 1 amide bonds. The van der Waals surface area contributed by atoms with E-state index in [0.29, 0.717) is 19.0 Å². The van der Waals surface area contributed by atoms with Gasteiger partial charge in [0.1, 0.15) is 5.82 Å². The van der Waals surface area contributed by atoms with Crippen LogP contribution in [0.2, 0.25) is 0 Å². The number of amides is 1. The molecule has 146 valence electrons. The molecule has 0 atom stereocenters. The van der Waals surface area contributed by atoms with E-state index in [1.807, 2.05) is 13.0 Å². The van der Waals surface area contributed by atoms with Crippen LogP contribution in [0.25, 0.3) is 10.2 Å². The number of likely N-dealkylation sites (N-methyl/N-ethyl adjacent to an activating group) is 1. The summed E-state index contributed by atoms with van der Waals surface area (Å²) in [5.41, 5.74) is 1.83. The van der Waals surface area contributed by atoms with Gasteiger partial charge < -0.3 is 4.90 Å². The Hall–Kier alpha value is -2.31. The molecule has 0 bridgehead atoms. The normalized spacial score (nSPS) is 15.8. The number of likely N-dealkylation sites (tertiary alicyclic amines) is 1. The van der Waals surface area contributed by atoms with E-state index in [2.05, 4.69) is 23.1 Å². The molecule has 4 nitrogen and oxygen atoms in total. The van der Waals surface area contributed by atoms with E-state index < -0.39 is 0 Å². The highest BCUT2D eigenvalue weighted by Gasteiger charge is 2.25. The van der Waals surface area contributed by atoms with Crippen molar-refractivity contribution in [1.29, 1.82) is 0 Å². The zero-order valence-electron chi connectivity index (χ0n) is 16.0. The lowest BCUT2D eigenvalue weighted by Crippen LogP contribution is -2.43.